The molecule has 0 radical (unpaired) electrons. The van der Waals surface area contributed by atoms with E-state index in [-0.39, 0.29) is 0 Å². The Morgan fingerprint density at radius 3 is 2.54 bits per heavy atom. The first-order valence-corrected chi connectivity index (χ1v) is 5.17. The van der Waals surface area contributed by atoms with Gasteiger partial charge in [0.15, 0.2) is 0 Å². The van der Waals surface area contributed by atoms with Gasteiger partial charge in [-0.05, 0) is 20.8 Å². The smallest absolute Gasteiger partial charge is 0.223 e. The van der Waals surface area contributed by atoms with Gasteiger partial charge in [-0.2, -0.15) is 0 Å². The molecule has 3 heteroatoms. The van der Waals surface area contributed by atoms with Gasteiger partial charge in [-0.1, -0.05) is 0 Å². The van der Waals surface area contributed by atoms with Crippen molar-refractivity contribution in [1.82, 2.24) is 9.80 Å². The molecule has 1 amide bonds. The van der Waals surface area contributed by atoms with Crippen LogP contribution in [0.5, 0.6) is 0 Å². The third-order valence-electron chi connectivity index (χ3n) is 2.73. The van der Waals surface area contributed by atoms with Crippen molar-refractivity contribution in [2.24, 2.45) is 0 Å². The van der Waals surface area contributed by atoms with Gasteiger partial charge >= 0.3 is 0 Å². The lowest BCUT2D eigenvalue weighted by molar-refractivity contribution is -0.130. The fourth-order valence-corrected chi connectivity index (χ4v) is 1.73. The molecule has 1 aliphatic heterocycles. The zero-order chi connectivity index (χ0) is 9.84. The molecule has 0 saturated carbocycles. The Morgan fingerprint density at radius 2 is 2.00 bits per heavy atom. The van der Waals surface area contributed by atoms with Gasteiger partial charge in [0.05, 0.1) is 0 Å². The van der Waals surface area contributed by atoms with Crippen LogP contribution in [0.15, 0.2) is 0 Å². The van der Waals surface area contributed by atoms with Gasteiger partial charge < -0.3 is 4.90 Å². The van der Waals surface area contributed by atoms with Crippen molar-refractivity contribution in [2.75, 3.05) is 26.2 Å². The molecule has 1 aliphatic rings. The van der Waals surface area contributed by atoms with Crippen molar-refractivity contribution in [3.63, 3.8) is 0 Å². The number of carbonyl (C=O) groups is 1. The molecule has 1 rings (SSSR count). The van der Waals surface area contributed by atoms with Crippen molar-refractivity contribution in [3.8, 4) is 0 Å². The predicted octanol–water partition coefficient (Wildman–Crippen LogP) is 0.949. The van der Waals surface area contributed by atoms with Gasteiger partial charge in [-0.15, -0.1) is 0 Å². The zero-order valence-electron chi connectivity index (χ0n) is 8.92. The lowest BCUT2D eigenvalue weighted by Crippen LogP contribution is -2.35. The lowest BCUT2D eigenvalue weighted by Gasteiger charge is -2.24. The van der Waals surface area contributed by atoms with Crippen LogP contribution in [0.4, 0.5) is 0 Å². The summed E-state index contributed by atoms with van der Waals surface area (Å²) in [5.41, 5.74) is 0. The highest BCUT2D eigenvalue weighted by Gasteiger charge is 2.20. The summed E-state index contributed by atoms with van der Waals surface area (Å²) in [6.07, 6.45) is 0.687. The summed E-state index contributed by atoms with van der Waals surface area (Å²) >= 11 is 0. The van der Waals surface area contributed by atoms with E-state index in [2.05, 4.69) is 18.7 Å². The van der Waals surface area contributed by atoms with E-state index < -0.39 is 0 Å². The molecule has 13 heavy (non-hydrogen) atoms. The minimum Gasteiger partial charge on any atom is -0.342 e. The topological polar surface area (TPSA) is 23.6 Å². The van der Waals surface area contributed by atoms with Gasteiger partial charge in [0.25, 0.3) is 0 Å². The lowest BCUT2D eigenvalue weighted by atomic mass is 10.3. The maximum absolute atomic E-state index is 11.5. The van der Waals surface area contributed by atoms with E-state index >= 15 is 0 Å². The maximum atomic E-state index is 11.5. The summed E-state index contributed by atoms with van der Waals surface area (Å²) < 4.78 is 0. The Kier molecular flexibility index (Phi) is 3.72. The second-order valence-corrected chi connectivity index (χ2v) is 3.85. The first kappa shape index (κ1) is 10.5. The summed E-state index contributed by atoms with van der Waals surface area (Å²) in [6, 6.07) is 0.560. The first-order valence-electron chi connectivity index (χ1n) is 5.17. The van der Waals surface area contributed by atoms with E-state index in [1.54, 1.807) is 0 Å². The molecule has 0 aromatic rings. The number of likely N-dealkylation sites (N-methyl/N-ethyl adjacent to an activating group) is 1. The summed E-state index contributed by atoms with van der Waals surface area (Å²) in [4.78, 5) is 15.8. The SMILES string of the molecule is CCN1CCN(C(C)C)CCC1=O. The number of carbonyl (C=O) groups excluding carboxylic acids is 1. The van der Waals surface area contributed by atoms with Gasteiger partial charge in [0.1, 0.15) is 0 Å². The molecule has 0 aromatic heterocycles. The molecule has 0 bridgehead atoms. The fraction of sp³-hybridized carbons (Fsp3) is 0.900. The number of hydrogen-bond donors (Lipinski definition) is 0. The highest BCUT2D eigenvalue weighted by Crippen LogP contribution is 2.07. The second kappa shape index (κ2) is 4.61. The predicted molar refractivity (Wildman–Crippen MR) is 53.6 cm³/mol. The number of amides is 1. The van der Waals surface area contributed by atoms with Crippen LogP contribution in [-0.4, -0.2) is 47.9 Å². The van der Waals surface area contributed by atoms with Crippen LogP contribution in [0, 0.1) is 0 Å². The monoisotopic (exact) mass is 184 g/mol. The van der Waals surface area contributed by atoms with Gasteiger partial charge in [-0.25, -0.2) is 0 Å². The Hall–Kier alpha value is -0.570. The molecule has 1 fully saturated rings. The molecule has 0 atom stereocenters. The quantitative estimate of drug-likeness (QED) is 0.638. The summed E-state index contributed by atoms with van der Waals surface area (Å²) in [7, 11) is 0. The standard InChI is InChI=1S/C10H20N2O/c1-4-11-7-8-12(9(2)3)6-5-10(11)13/h9H,4-8H2,1-3H3. The van der Waals surface area contributed by atoms with Gasteiger partial charge in [0, 0.05) is 38.6 Å². The minimum absolute atomic E-state index is 0.311. The number of nitrogens with zero attached hydrogens (tertiary/aromatic N) is 2. The van der Waals surface area contributed by atoms with Crippen LogP contribution in [0.2, 0.25) is 0 Å². The highest BCUT2D eigenvalue weighted by molar-refractivity contribution is 5.76. The molecule has 0 unspecified atom stereocenters. The number of hydrogen-bond acceptors (Lipinski definition) is 2. The molecular formula is C10H20N2O. The van der Waals surface area contributed by atoms with E-state index in [4.69, 9.17) is 0 Å². The van der Waals surface area contributed by atoms with E-state index in [0.717, 1.165) is 26.2 Å². The molecule has 1 saturated heterocycles. The normalized spacial score (nSPS) is 20.9. The van der Waals surface area contributed by atoms with Crippen molar-refractivity contribution in [1.29, 1.82) is 0 Å². The first-order chi connectivity index (χ1) is 6.15. The minimum atomic E-state index is 0.311. The van der Waals surface area contributed by atoms with Gasteiger partial charge in [0.2, 0.25) is 5.91 Å². The number of rotatable bonds is 2. The highest BCUT2D eigenvalue weighted by atomic mass is 16.2. The van der Waals surface area contributed by atoms with Crippen LogP contribution in [0.3, 0.4) is 0 Å². The molecule has 0 N–H and O–H groups in total. The maximum Gasteiger partial charge on any atom is 0.223 e. The van der Waals surface area contributed by atoms with Crippen LogP contribution in [-0.2, 0) is 4.79 Å². The summed E-state index contributed by atoms with van der Waals surface area (Å²) in [5, 5.41) is 0. The molecular weight excluding hydrogens is 164 g/mol. The zero-order valence-corrected chi connectivity index (χ0v) is 8.92. The summed E-state index contributed by atoms with van der Waals surface area (Å²) in [5.74, 6) is 0.311. The van der Waals surface area contributed by atoms with Crippen molar-refractivity contribution >= 4 is 5.91 Å². The Labute approximate surface area is 80.7 Å². The Morgan fingerprint density at radius 1 is 1.31 bits per heavy atom. The van der Waals surface area contributed by atoms with E-state index in [1.165, 1.54) is 0 Å². The Balaban J connectivity index is 2.51. The van der Waals surface area contributed by atoms with E-state index in [0.29, 0.717) is 18.4 Å². The molecule has 0 aliphatic carbocycles. The second-order valence-electron chi connectivity index (χ2n) is 3.85. The molecule has 76 valence electrons. The van der Waals surface area contributed by atoms with E-state index in [9.17, 15) is 4.79 Å². The molecule has 1 heterocycles. The molecule has 0 aromatic carbocycles. The van der Waals surface area contributed by atoms with Crippen LogP contribution in [0.1, 0.15) is 27.2 Å². The fourth-order valence-electron chi connectivity index (χ4n) is 1.73. The average molecular weight is 184 g/mol. The van der Waals surface area contributed by atoms with Crippen LogP contribution < -0.4 is 0 Å². The van der Waals surface area contributed by atoms with Crippen LogP contribution in [0.25, 0.3) is 0 Å². The van der Waals surface area contributed by atoms with Crippen molar-refractivity contribution in [2.45, 2.75) is 33.2 Å². The third kappa shape index (κ3) is 2.69. The molecule has 3 nitrogen and oxygen atoms in total. The largest absolute Gasteiger partial charge is 0.342 e. The van der Waals surface area contributed by atoms with Crippen molar-refractivity contribution < 1.29 is 4.79 Å². The van der Waals surface area contributed by atoms with Crippen LogP contribution >= 0.6 is 0 Å². The third-order valence-corrected chi connectivity index (χ3v) is 2.73. The molecule has 0 spiro atoms. The average Bonchev–Trinajstić information content (AvgIpc) is 2.27. The van der Waals surface area contributed by atoms with Gasteiger partial charge in [-0.3, -0.25) is 9.69 Å². The van der Waals surface area contributed by atoms with E-state index in [1.807, 2.05) is 11.8 Å². The Bertz CT molecular complexity index is 180. The van der Waals surface area contributed by atoms with Crippen molar-refractivity contribution in [3.05, 3.63) is 0 Å². The summed E-state index contributed by atoms with van der Waals surface area (Å²) in [6.45, 7) is 10.1.